The van der Waals surface area contributed by atoms with E-state index in [4.69, 9.17) is 0 Å². The predicted molar refractivity (Wildman–Crippen MR) is 116 cm³/mol. The fraction of sp³-hybridized carbons (Fsp3) is 0.364. The van der Waals surface area contributed by atoms with Crippen LogP contribution >= 0.6 is 0 Å². The topological polar surface area (TPSA) is 70.1 Å². The van der Waals surface area contributed by atoms with Crippen molar-refractivity contribution in [3.8, 4) is 11.5 Å². The number of halogens is 3. The molecule has 1 aliphatic rings. The minimum Gasteiger partial charge on any atom is -0.366 e. The van der Waals surface area contributed by atoms with E-state index in [1.54, 1.807) is 24.4 Å². The summed E-state index contributed by atoms with van der Waals surface area (Å²) in [5.74, 6) is 1.03. The van der Waals surface area contributed by atoms with Gasteiger partial charge in [0.05, 0.1) is 0 Å². The molecule has 0 spiro atoms. The number of aromatic nitrogens is 4. The highest BCUT2D eigenvalue weighted by Crippen LogP contribution is 2.30. The van der Waals surface area contributed by atoms with E-state index in [9.17, 15) is 13.2 Å². The van der Waals surface area contributed by atoms with Crippen LogP contribution in [0.2, 0.25) is 0 Å². The molecule has 32 heavy (non-hydrogen) atoms. The van der Waals surface area contributed by atoms with Gasteiger partial charge in [-0.3, -0.25) is 9.88 Å². The summed E-state index contributed by atoms with van der Waals surface area (Å²) in [6, 6.07) is 11.7. The molecule has 0 bridgehead atoms. The zero-order chi connectivity index (χ0) is 22.6. The molecule has 0 saturated carbocycles. The minimum atomic E-state index is -4.58. The number of nitrogens with zero attached hydrogens (tertiary/aromatic N) is 6. The molecule has 0 aliphatic carbocycles. The maximum absolute atomic E-state index is 13.4. The normalized spacial score (nSPS) is 16.1. The lowest BCUT2D eigenvalue weighted by Crippen LogP contribution is -2.49. The van der Waals surface area contributed by atoms with Gasteiger partial charge in [0.2, 0.25) is 0 Å². The molecule has 1 N–H and O–H groups in total. The van der Waals surface area contributed by atoms with E-state index in [-0.39, 0.29) is 17.7 Å². The number of hydrogen-bond acceptors (Lipinski definition) is 7. The summed E-state index contributed by atoms with van der Waals surface area (Å²) in [4.78, 5) is 20.9. The Morgan fingerprint density at radius 1 is 0.969 bits per heavy atom. The van der Waals surface area contributed by atoms with Gasteiger partial charge >= 0.3 is 6.18 Å². The van der Waals surface area contributed by atoms with Gasteiger partial charge in [-0.05, 0) is 31.2 Å². The van der Waals surface area contributed by atoms with E-state index in [2.05, 4.69) is 35.1 Å². The first-order valence-corrected chi connectivity index (χ1v) is 10.4. The average Bonchev–Trinajstić information content (AvgIpc) is 2.80. The lowest BCUT2D eigenvalue weighted by Gasteiger charge is -2.36. The summed E-state index contributed by atoms with van der Waals surface area (Å²) in [6.07, 6.45) is -1.29. The molecule has 4 heterocycles. The van der Waals surface area contributed by atoms with E-state index < -0.39 is 11.9 Å². The van der Waals surface area contributed by atoms with Crippen LogP contribution in [0, 0.1) is 0 Å². The molecule has 168 valence electrons. The Morgan fingerprint density at radius 2 is 1.69 bits per heavy atom. The average molecular weight is 443 g/mol. The Morgan fingerprint density at radius 3 is 2.31 bits per heavy atom. The van der Waals surface area contributed by atoms with Gasteiger partial charge in [-0.15, -0.1) is 0 Å². The number of nitrogens with one attached hydrogen (secondary N) is 1. The largest absolute Gasteiger partial charge is 0.433 e. The zero-order valence-electron chi connectivity index (χ0n) is 17.6. The molecule has 1 fully saturated rings. The summed E-state index contributed by atoms with van der Waals surface area (Å²) in [5, 5.41) is 3.11. The van der Waals surface area contributed by atoms with E-state index in [1.807, 2.05) is 25.1 Å². The van der Waals surface area contributed by atoms with Crippen molar-refractivity contribution < 1.29 is 13.2 Å². The van der Waals surface area contributed by atoms with E-state index in [0.29, 0.717) is 12.2 Å². The molecule has 3 aromatic heterocycles. The second-order valence-electron chi connectivity index (χ2n) is 7.70. The van der Waals surface area contributed by atoms with Crippen LogP contribution in [-0.2, 0) is 6.18 Å². The smallest absolute Gasteiger partial charge is 0.366 e. The first-order valence-electron chi connectivity index (χ1n) is 10.4. The van der Waals surface area contributed by atoms with Crippen LogP contribution in [0.4, 0.5) is 24.8 Å². The minimum absolute atomic E-state index is 0.0564. The predicted octanol–water partition coefficient (Wildman–Crippen LogP) is 3.58. The Hall–Kier alpha value is -3.27. The standard InChI is InChI=1S/C22H24F3N7/c1-16(15-31-10-12-32(13-11-31)20-7-3-5-9-27-20)28-19-14-18(22(23,24)25)29-21(30-19)17-6-2-4-8-26-17/h2-9,14,16H,10-13,15H2,1H3,(H,28,29,30). The third-order valence-electron chi connectivity index (χ3n) is 5.18. The molecule has 0 aromatic carbocycles. The van der Waals surface area contributed by atoms with Gasteiger partial charge in [0.1, 0.15) is 17.3 Å². The Kier molecular flexibility index (Phi) is 6.50. The van der Waals surface area contributed by atoms with Crippen LogP contribution in [0.5, 0.6) is 0 Å². The third kappa shape index (κ3) is 5.50. The third-order valence-corrected chi connectivity index (χ3v) is 5.18. The molecule has 1 unspecified atom stereocenters. The van der Waals surface area contributed by atoms with Crippen molar-refractivity contribution in [2.24, 2.45) is 0 Å². The second kappa shape index (κ2) is 9.47. The van der Waals surface area contributed by atoms with Gasteiger partial charge in [0, 0.05) is 57.2 Å². The van der Waals surface area contributed by atoms with Crippen LogP contribution in [0.1, 0.15) is 12.6 Å². The van der Waals surface area contributed by atoms with E-state index in [1.165, 1.54) is 6.20 Å². The Bertz CT molecular complexity index is 1010. The summed E-state index contributed by atoms with van der Waals surface area (Å²) < 4.78 is 40.2. The van der Waals surface area contributed by atoms with Gasteiger partial charge in [-0.2, -0.15) is 13.2 Å². The molecule has 7 nitrogen and oxygen atoms in total. The van der Waals surface area contributed by atoms with Crippen LogP contribution in [-0.4, -0.2) is 63.6 Å². The van der Waals surface area contributed by atoms with Crippen molar-refractivity contribution in [1.82, 2.24) is 24.8 Å². The zero-order valence-corrected chi connectivity index (χ0v) is 17.6. The Labute approximate surface area is 184 Å². The molecule has 1 aliphatic heterocycles. The molecular formula is C22H24F3N7. The summed E-state index contributed by atoms with van der Waals surface area (Å²) in [7, 11) is 0. The molecule has 10 heteroatoms. The number of pyridine rings is 2. The maximum atomic E-state index is 13.4. The fourth-order valence-corrected chi connectivity index (χ4v) is 3.66. The van der Waals surface area contributed by atoms with Crippen molar-refractivity contribution in [3.05, 3.63) is 60.6 Å². The number of anilines is 2. The molecular weight excluding hydrogens is 419 g/mol. The highest BCUT2D eigenvalue weighted by atomic mass is 19.4. The van der Waals surface area contributed by atoms with Crippen molar-refractivity contribution in [3.63, 3.8) is 0 Å². The Balaban J connectivity index is 1.41. The second-order valence-corrected chi connectivity index (χ2v) is 7.70. The quantitative estimate of drug-likeness (QED) is 0.625. The van der Waals surface area contributed by atoms with Crippen molar-refractivity contribution >= 4 is 11.6 Å². The molecule has 1 saturated heterocycles. The van der Waals surface area contributed by atoms with Gasteiger partial charge in [0.15, 0.2) is 11.5 Å². The molecule has 3 aromatic rings. The van der Waals surface area contributed by atoms with Crippen LogP contribution in [0.25, 0.3) is 11.5 Å². The highest BCUT2D eigenvalue weighted by Gasteiger charge is 2.34. The summed E-state index contributed by atoms with van der Waals surface area (Å²) >= 11 is 0. The van der Waals surface area contributed by atoms with Gasteiger partial charge in [0.25, 0.3) is 0 Å². The summed E-state index contributed by atoms with van der Waals surface area (Å²) in [6.45, 7) is 6.00. The molecule has 0 amide bonds. The van der Waals surface area contributed by atoms with Gasteiger partial charge < -0.3 is 10.2 Å². The SMILES string of the molecule is CC(CN1CCN(c2ccccn2)CC1)Nc1cc(C(F)(F)F)nc(-c2ccccn2)n1. The number of alkyl halides is 3. The lowest BCUT2D eigenvalue weighted by atomic mass is 10.2. The molecule has 1 atom stereocenters. The van der Waals surface area contributed by atoms with Crippen LogP contribution in [0.15, 0.2) is 54.9 Å². The van der Waals surface area contributed by atoms with Gasteiger partial charge in [-0.25, -0.2) is 15.0 Å². The summed E-state index contributed by atoms with van der Waals surface area (Å²) in [5.41, 5.74) is -0.702. The van der Waals surface area contributed by atoms with Crippen molar-refractivity contribution in [2.45, 2.75) is 19.1 Å². The lowest BCUT2D eigenvalue weighted by molar-refractivity contribution is -0.141. The molecule has 4 rings (SSSR count). The monoisotopic (exact) mass is 443 g/mol. The first kappa shape index (κ1) is 21.9. The van der Waals surface area contributed by atoms with Crippen molar-refractivity contribution in [1.29, 1.82) is 0 Å². The van der Waals surface area contributed by atoms with Crippen LogP contribution in [0.3, 0.4) is 0 Å². The maximum Gasteiger partial charge on any atom is 0.433 e. The van der Waals surface area contributed by atoms with Crippen LogP contribution < -0.4 is 10.2 Å². The van der Waals surface area contributed by atoms with E-state index in [0.717, 1.165) is 38.1 Å². The number of hydrogen-bond donors (Lipinski definition) is 1. The van der Waals surface area contributed by atoms with E-state index >= 15 is 0 Å². The highest BCUT2D eigenvalue weighted by molar-refractivity contribution is 5.53. The number of piperazine rings is 1. The first-order chi connectivity index (χ1) is 15.4. The number of rotatable bonds is 6. The molecule has 0 radical (unpaired) electrons. The van der Waals surface area contributed by atoms with Gasteiger partial charge in [-0.1, -0.05) is 12.1 Å². The fourth-order valence-electron chi connectivity index (χ4n) is 3.66. The van der Waals surface area contributed by atoms with Crippen molar-refractivity contribution in [2.75, 3.05) is 42.9 Å².